The molecule has 1 aliphatic rings. The Labute approximate surface area is 109 Å². The molecule has 2 rings (SSSR count). The lowest BCUT2D eigenvalue weighted by molar-refractivity contribution is -0.120. The third kappa shape index (κ3) is 3.26. The number of aromatic nitrogens is 1. The van der Waals surface area contributed by atoms with Crippen LogP contribution in [-0.4, -0.2) is 16.9 Å². The molecular formula is C12H16BrN3O. The molecule has 1 amide bonds. The highest BCUT2D eigenvalue weighted by Crippen LogP contribution is 2.23. The standard InChI is InChI=1S/C12H16BrN3O/c13-9-5-8(6-15-7-9)11(12(14)17)16-10-3-1-2-4-10/h5-7,10-11,16H,1-4H2,(H2,14,17). The maximum atomic E-state index is 11.5. The normalized spacial score (nSPS) is 18.2. The number of hydrogen-bond acceptors (Lipinski definition) is 3. The highest BCUT2D eigenvalue weighted by molar-refractivity contribution is 9.10. The molecule has 0 aliphatic heterocycles. The fourth-order valence-electron chi connectivity index (χ4n) is 2.26. The van der Waals surface area contributed by atoms with E-state index in [9.17, 15) is 4.79 Å². The number of amides is 1. The Kier molecular flexibility index (Phi) is 4.12. The zero-order chi connectivity index (χ0) is 12.3. The first-order chi connectivity index (χ1) is 8.16. The average molecular weight is 298 g/mol. The Hall–Kier alpha value is -0.940. The molecule has 1 saturated carbocycles. The van der Waals surface area contributed by atoms with Crippen LogP contribution in [0.1, 0.15) is 37.3 Å². The van der Waals surface area contributed by atoms with Crippen LogP contribution in [0, 0.1) is 0 Å². The van der Waals surface area contributed by atoms with Gasteiger partial charge in [-0.3, -0.25) is 15.1 Å². The van der Waals surface area contributed by atoms with E-state index in [0.717, 1.165) is 22.9 Å². The molecule has 1 aliphatic carbocycles. The van der Waals surface area contributed by atoms with Crippen molar-refractivity contribution >= 4 is 21.8 Å². The third-order valence-corrected chi connectivity index (χ3v) is 3.54. The first kappa shape index (κ1) is 12.5. The summed E-state index contributed by atoms with van der Waals surface area (Å²) >= 11 is 3.35. The second-order valence-corrected chi connectivity index (χ2v) is 5.34. The summed E-state index contributed by atoms with van der Waals surface area (Å²) in [7, 11) is 0. The van der Waals surface area contributed by atoms with Crippen molar-refractivity contribution in [3.8, 4) is 0 Å². The fourth-order valence-corrected chi connectivity index (χ4v) is 2.64. The molecule has 1 aromatic heterocycles. The van der Waals surface area contributed by atoms with Crippen LogP contribution in [0.3, 0.4) is 0 Å². The molecule has 0 bridgehead atoms. The van der Waals surface area contributed by atoms with Gasteiger partial charge < -0.3 is 5.73 Å². The van der Waals surface area contributed by atoms with Crippen LogP contribution in [0.5, 0.6) is 0 Å². The number of pyridine rings is 1. The Morgan fingerprint density at radius 2 is 2.18 bits per heavy atom. The minimum Gasteiger partial charge on any atom is -0.368 e. The molecule has 0 aromatic carbocycles. The zero-order valence-electron chi connectivity index (χ0n) is 9.53. The summed E-state index contributed by atoms with van der Waals surface area (Å²) in [5.41, 5.74) is 6.27. The minimum atomic E-state index is -0.442. The first-order valence-electron chi connectivity index (χ1n) is 5.82. The van der Waals surface area contributed by atoms with Gasteiger partial charge in [0.2, 0.25) is 5.91 Å². The lowest BCUT2D eigenvalue weighted by Gasteiger charge is -2.20. The highest BCUT2D eigenvalue weighted by Gasteiger charge is 2.24. The van der Waals surface area contributed by atoms with E-state index in [4.69, 9.17) is 5.73 Å². The maximum Gasteiger partial charge on any atom is 0.239 e. The van der Waals surface area contributed by atoms with Gasteiger partial charge in [0.25, 0.3) is 0 Å². The summed E-state index contributed by atoms with van der Waals surface area (Å²) in [5.74, 6) is -0.350. The van der Waals surface area contributed by atoms with E-state index in [1.54, 1.807) is 12.4 Å². The van der Waals surface area contributed by atoms with Crippen molar-refractivity contribution in [2.24, 2.45) is 5.73 Å². The number of hydrogen-bond donors (Lipinski definition) is 2. The summed E-state index contributed by atoms with van der Waals surface area (Å²) in [6, 6.07) is 1.83. The number of rotatable bonds is 4. The van der Waals surface area contributed by atoms with Crippen molar-refractivity contribution in [3.05, 3.63) is 28.5 Å². The zero-order valence-corrected chi connectivity index (χ0v) is 11.1. The number of nitrogens with zero attached hydrogens (tertiary/aromatic N) is 1. The smallest absolute Gasteiger partial charge is 0.239 e. The second kappa shape index (κ2) is 5.60. The molecule has 92 valence electrons. The maximum absolute atomic E-state index is 11.5. The van der Waals surface area contributed by atoms with Crippen molar-refractivity contribution in [3.63, 3.8) is 0 Å². The molecule has 17 heavy (non-hydrogen) atoms. The number of halogens is 1. The Morgan fingerprint density at radius 3 is 2.76 bits per heavy atom. The van der Waals surface area contributed by atoms with Gasteiger partial charge in [-0.05, 0) is 40.4 Å². The SMILES string of the molecule is NC(=O)C(NC1CCCC1)c1cncc(Br)c1. The lowest BCUT2D eigenvalue weighted by Crippen LogP contribution is -2.38. The van der Waals surface area contributed by atoms with Gasteiger partial charge in [0.15, 0.2) is 0 Å². The van der Waals surface area contributed by atoms with E-state index >= 15 is 0 Å². The molecule has 4 nitrogen and oxygen atoms in total. The Balaban J connectivity index is 2.13. The van der Waals surface area contributed by atoms with E-state index in [1.807, 2.05) is 6.07 Å². The molecular weight excluding hydrogens is 282 g/mol. The summed E-state index contributed by atoms with van der Waals surface area (Å²) in [6.45, 7) is 0. The predicted molar refractivity (Wildman–Crippen MR) is 69.3 cm³/mol. The topological polar surface area (TPSA) is 68.0 Å². The van der Waals surface area contributed by atoms with Crippen LogP contribution < -0.4 is 11.1 Å². The quantitative estimate of drug-likeness (QED) is 0.892. The van der Waals surface area contributed by atoms with Crippen molar-refractivity contribution in [1.82, 2.24) is 10.3 Å². The third-order valence-electron chi connectivity index (χ3n) is 3.10. The molecule has 1 fully saturated rings. The molecule has 1 heterocycles. The Bertz CT molecular complexity index is 404. The van der Waals surface area contributed by atoms with E-state index in [2.05, 4.69) is 26.2 Å². The molecule has 5 heteroatoms. The molecule has 0 saturated heterocycles. The van der Waals surface area contributed by atoms with Crippen LogP contribution in [0.25, 0.3) is 0 Å². The van der Waals surface area contributed by atoms with Crippen LogP contribution in [0.2, 0.25) is 0 Å². The van der Waals surface area contributed by atoms with Gasteiger partial charge in [0.05, 0.1) is 0 Å². The predicted octanol–water partition coefficient (Wildman–Crippen LogP) is 1.90. The number of primary amides is 1. The van der Waals surface area contributed by atoms with Gasteiger partial charge >= 0.3 is 0 Å². The van der Waals surface area contributed by atoms with Gasteiger partial charge in [-0.25, -0.2) is 0 Å². The average Bonchev–Trinajstić information content (AvgIpc) is 2.78. The van der Waals surface area contributed by atoms with Gasteiger partial charge in [-0.2, -0.15) is 0 Å². The van der Waals surface area contributed by atoms with Crippen LogP contribution in [0.15, 0.2) is 22.9 Å². The van der Waals surface area contributed by atoms with E-state index in [0.29, 0.717) is 6.04 Å². The molecule has 3 N–H and O–H groups in total. The van der Waals surface area contributed by atoms with Gasteiger partial charge in [-0.15, -0.1) is 0 Å². The largest absolute Gasteiger partial charge is 0.368 e. The monoisotopic (exact) mass is 297 g/mol. The molecule has 0 spiro atoms. The molecule has 1 aromatic rings. The lowest BCUT2D eigenvalue weighted by atomic mass is 10.1. The van der Waals surface area contributed by atoms with Gasteiger partial charge in [0, 0.05) is 22.9 Å². The molecule has 0 radical (unpaired) electrons. The number of carbonyl (C=O) groups excluding carboxylic acids is 1. The Morgan fingerprint density at radius 1 is 1.47 bits per heavy atom. The number of nitrogens with two attached hydrogens (primary N) is 1. The van der Waals surface area contributed by atoms with Crippen molar-refractivity contribution in [2.75, 3.05) is 0 Å². The number of nitrogens with one attached hydrogen (secondary N) is 1. The molecule has 1 unspecified atom stereocenters. The summed E-state index contributed by atoms with van der Waals surface area (Å²) in [5, 5.41) is 3.32. The van der Waals surface area contributed by atoms with Crippen molar-refractivity contribution in [2.45, 2.75) is 37.8 Å². The summed E-state index contributed by atoms with van der Waals surface area (Å²) in [4.78, 5) is 15.6. The second-order valence-electron chi connectivity index (χ2n) is 4.42. The van der Waals surface area contributed by atoms with Crippen LogP contribution in [-0.2, 0) is 4.79 Å². The van der Waals surface area contributed by atoms with E-state index < -0.39 is 6.04 Å². The number of carbonyl (C=O) groups is 1. The first-order valence-corrected chi connectivity index (χ1v) is 6.62. The van der Waals surface area contributed by atoms with Crippen LogP contribution in [0.4, 0.5) is 0 Å². The van der Waals surface area contributed by atoms with E-state index in [1.165, 1.54) is 12.8 Å². The van der Waals surface area contributed by atoms with Gasteiger partial charge in [-0.1, -0.05) is 12.8 Å². The minimum absolute atomic E-state index is 0.350. The van der Waals surface area contributed by atoms with Crippen molar-refractivity contribution < 1.29 is 4.79 Å². The van der Waals surface area contributed by atoms with Crippen LogP contribution >= 0.6 is 15.9 Å². The summed E-state index contributed by atoms with van der Waals surface area (Å²) < 4.78 is 0.856. The van der Waals surface area contributed by atoms with Crippen molar-refractivity contribution in [1.29, 1.82) is 0 Å². The highest BCUT2D eigenvalue weighted by atomic mass is 79.9. The molecule has 1 atom stereocenters. The van der Waals surface area contributed by atoms with Gasteiger partial charge in [0.1, 0.15) is 6.04 Å². The summed E-state index contributed by atoms with van der Waals surface area (Å²) in [6.07, 6.45) is 8.05. The fraction of sp³-hybridized carbons (Fsp3) is 0.500. The van der Waals surface area contributed by atoms with E-state index in [-0.39, 0.29) is 5.91 Å².